The molecule has 3 aromatic carbocycles. The molecule has 0 bridgehead atoms. The van der Waals surface area contributed by atoms with Crippen molar-refractivity contribution in [2.45, 2.75) is 33.2 Å². The van der Waals surface area contributed by atoms with Crippen molar-refractivity contribution >= 4 is 28.6 Å². The van der Waals surface area contributed by atoms with Gasteiger partial charge in [-0.1, -0.05) is 68.4 Å². The second kappa shape index (κ2) is 10.3. The molecule has 0 saturated carbocycles. The molecule has 5 rings (SSSR count). The zero-order chi connectivity index (χ0) is 25.1. The Morgan fingerprint density at radius 3 is 2.58 bits per heavy atom. The molecule has 1 aliphatic rings. The van der Waals surface area contributed by atoms with Gasteiger partial charge in [0.25, 0.3) is 0 Å². The second-order valence-corrected chi connectivity index (χ2v) is 9.30. The summed E-state index contributed by atoms with van der Waals surface area (Å²) >= 11 is 0. The normalized spacial score (nSPS) is 15.1. The van der Waals surface area contributed by atoms with Gasteiger partial charge < -0.3 is 14.8 Å². The Hall–Kier alpha value is -4.06. The highest BCUT2D eigenvalue weighted by Crippen LogP contribution is 2.42. The van der Waals surface area contributed by atoms with Crippen molar-refractivity contribution in [3.8, 4) is 5.75 Å². The van der Waals surface area contributed by atoms with Gasteiger partial charge in [-0.05, 0) is 54.7 Å². The van der Waals surface area contributed by atoms with Crippen LogP contribution in [0.3, 0.4) is 0 Å². The number of nitrogens with one attached hydrogen (secondary N) is 1. The summed E-state index contributed by atoms with van der Waals surface area (Å²) in [5.74, 6) is 1.66. The highest BCUT2D eigenvalue weighted by Gasteiger charge is 2.36. The van der Waals surface area contributed by atoms with Crippen molar-refractivity contribution in [1.29, 1.82) is 0 Å². The van der Waals surface area contributed by atoms with Crippen LogP contribution in [-0.2, 0) is 9.53 Å². The topological polar surface area (TPSA) is 65.4 Å². The van der Waals surface area contributed by atoms with Crippen LogP contribution < -0.4 is 10.1 Å². The molecular weight excluding hydrogens is 450 g/mol. The van der Waals surface area contributed by atoms with E-state index in [4.69, 9.17) is 14.5 Å². The van der Waals surface area contributed by atoms with Crippen molar-refractivity contribution in [3.63, 3.8) is 0 Å². The molecule has 2 heterocycles. The maximum absolute atomic E-state index is 13.6. The molecule has 0 amide bonds. The summed E-state index contributed by atoms with van der Waals surface area (Å²) in [5, 5.41) is 3.45. The summed E-state index contributed by atoms with van der Waals surface area (Å²) in [6.07, 6.45) is 0.972. The highest BCUT2D eigenvalue weighted by atomic mass is 16.5. The van der Waals surface area contributed by atoms with Crippen molar-refractivity contribution in [2.24, 2.45) is 5.92 Å². The Labute approximate surface area is 211 Å². The van der Waals surface area contributed by atoms with Crippen LogP contribution in [0, 0.1) is 5.92 Å². The molecule has 4 aromatic rings. The van der Waals surface area contributed by atoms with Crippen molar-refractivity contribution in [2.75, 3.05) is 18.5 Å². The van der Waals surface area contributed by atoms with E-state index >= 15 is 0 Å². The summed E-state index contributed by atoms with van der Waals surface area (Å²) in [5.41, 5.74) is 4.86. The van der Waals surface area contributed by atoms with E-state index in [1.807, 2.05) is 85.8 Å². The Kier molecular flexibility index (Phi) is 6.76. The maximum atomic E-state index is 13.6. The average molecular weight is 482 g/mol. The van der Waals surface area contributed by atoms with Crippen LogP contribution in [-0.4, -0.2) is 28.7 Å². The molecule has 184 valence electrons. The minimum atomic E-state index is -0.448. The van der Waals surface area contributed by atoms with E-state index in [9.17, 15) is 4.79 Å². The summed E-state index contributed by atoms with van der Waals surface area (Å²) in [6, 6.07) is 25.4. The molecule has 0 saturated heterocycles. The van der Waals surface area contributed by atoms with Gasteiger partial charge in [-0.25, -0.2) is 9.78 Å². The number of ether oxygens (including phenoxy) is 2. The number of rotatable bonds is 8. The number of esters is 1. The van der Waals surface area contributed by atoms with Crippen molar-refractivity contribution < 1.29 is 14.3 Å². The Morgan fingerprint density at radius 2 is 1.81 bits per heavy atom. The van der Waals surface area contributed by atoms with Gasteiger partial charge in [0, 0.05) is 0 Å². The molecule has 0 fully saturated rings. The summed E-state index contributed by atoms with van der Waals surface area (Å²) < 4.78 is 13.8. The fourth-order valence-corrected chi connectivity index (χ4v) is 4.60. The molecule has 6 heteroatoms. The third-order valence-electron chi connectivity index (χ3n) is 6.33. The van der Waals surface area contributed by atoms with E-state index in [0.29, 0.717) is 29.7 Å². The number of imidazole rings is 1. The number of carbonyl (C=O) groups is 1. The molecule has 0 unspecified atom stereocenters. The number of para-hydroxylation sites is 2. The lowest BCUT2D eigenvalue weighted by Crippen LogP contribution is -2.29. The molecule has 36 heavy (non-hydrogen) atoms. The van der Waals surface area contributed by atoms with Crippen molar-refractivity contribution in [1.82, 2.24) is 9.55 Å². The van der Waals surface area contributed by atoms with Crippen LogP contribution in [0.1, 0.15) is 44.4 Å². The number of nitrogens with zero attached hydrogens (tertiary/aromatic N) is 2. The first kappa shape index (κ1) is 23.7. The third kappa shape index (κ3) is 4.59. The molecular formula is C30H31N3O3. The van der Waals surface area contributed by atoms with Gasteiger partial charge in [0.2, 0.25) is 5.95 Å². The molecule has 0 spiro atoms. The number of hydrogen-bond acceptors (Lipinski definition) is 5. The predicted octanol–water partition coefficient (Wildman–Crippen LogP) is 6.45. The fourth-order valence-electron chi connectivity index (χ4n) is 4.60. The van der Waals surface area contributed by atoms with E-state index in [1.165, 1.54) is 0 Å². The second-order valence-electron chi connectivity index (χ2n) is 9.30. The zero-order valence-corrected chi connectivity index (χ0v) is 20.9. The summed E-state index contributed by atoms with van der Waals surface area (Å²) in [4.78, 5) is 18.5. The van der Waals surface area contributed by atoms with Gasteiger partial charge in [0.15, 0.2) is 0 Å². The predicted molar refractivity (Wildman–Crippen MR) is 143 cm³/mol. The number of hydrogen-bond donors (Lipinski definition) is 1. The number of anilines is 1. The van der Waals surface area contributed by atoms with E-state index in [1.54, 1.807) is 0 Å². The maximum Gasteiger partial charge on any atom is 0.338 e. The molecule has 0 radical (unpaired) electrons. The van der Waals surface area contributed by atoms with Gasteiger partial charge in [-0.2, -0.15) is 0 Å². The summed E-state index contributed by atoms with van der Waals surface area (Å²) in [7, 11) is 0. The van der Waals surface area contributed by atoms with E-state index < -0.39 is 6.04 Å². The summed E-state index contributed by atoms with van der Waals surface area (Å²) in [6.45, 7) is 7.12. The third-order valence-corrected chi connectivity index (χ3v) is 6.33. The minimum Gasteiger partial charge on any atom is -0.494 e. The first-order valence-electron chi connectivity index (χ1n) is 12.5. The van der Waals surface area contributed by atoms with E-state index in [2.05, 4.69) is 23.7 Å². The quantitative estimate of drug-likeness (QED) is 0.293. The molecule has 1 aliphatic heterocycles. The fraction of sp³-hybridized carbons (Fsp3) is 0.267. The van der Waals surface area contributed by atoms with E-state index in [-0.39, 0.29) is 12.6 Å². The van der Waals surface area contributed by atoms with Crippen molar-refractivity contribution in [3.05, 3.63) is 95.6 Å². The Morgan fingerprint density at radius 1 is 1.03 bits per heavy atom. The van der Waals surface area contributed by atoms with Gasteiger partial charge in [-0.3, -0.25) is 4.57 Å². The first-order valence-corrected chi connectivity index (χ1v) is 12.5. The van der Waals surface area contributed by atoms with Gasteiger partial charge in [-0.15, -0.1) is 0 Å². The number of aromatic nitrogens is 2. The zero-order valence-electron chi connectivity index (χ0n) is 20.9. The first-order chi connectivity index (χ1) is 17.6. The van der Waals surface area contributed by atoms with Gasteiger partial charge in [0.05, 0.1) is 41.6 Å². The van der Waals surface area contributed by atoms with Crippen LogP contribution >= 0.6 is 0 Å². The standard InChI is InChI=1S/C30H31N3O3/c1-4-35-29(34)26-27(21-11-6-5-7-12-21)32-30-31-24-15-8-9-16-25(24)33(30)28(26)22-13-10-14-23(19-22)36-18-17-20(2)3/h5-16,19-20,28H,4,17-18H2,1-3H3,(H,31,32)/t28-/m1/s1. The SMILES string of the molecule is CCOC(=O)C1=C(c2ccccc2)Nc2nc3ccccc3n2[C@@H]1c1cccc(OCCC(C)C)c1. The Balaban J connectivity index is 1.71. The molecule has 1 aromatic heterocycles. The van der Waals surface area contributed by atoms with Gasteiger partial charge in [0.1, 0.15) is 5.75 Å². The lowest BCUT2D eigenvalue weighted by molar-refractivity contribution is -0.138. The van der Waals surface area contributed by atoms with Gasteiger partial charge >= 0.3 is 5.97 Å². The molecule has 1 N–H and O–H groups in total. The number of benzene rings is 3. The lowest BCUT2D eigenvalue weighted by Gasteiger charge is -2.31. The number of fused-ring (bicyclic) bond motifs is 3. The van der Waals surface area contributed by atoms with Crippen LogP contribution in [0.25, 0.3) is 16.7 Å². The van der Waals surface area contributed by atoms with Crippen LogP contribution in [0.2, 0.25) is 0 Å². The molecule has 1 atom stereocenters. The largest absolute Gasteiger partial charge is 0.494 e. The number of carbonyl (C=O) groups excluding carboxylic acids is 1. The minimum absolute atomic E-state index is 0.285. The smallest absolute Gasteiger partial charge is 0.338 e. The van der Waals surface area contributed by atoms with E-state index in [0.717, 1.165) is 34.3 Å². The Bertz CT molecular complexity index is 1410. The monoisotopic (exact) mass is 481 g/mol. The van der Waals surface area contributed by atoms with Crippen LogP contribution in [0.5, 0.6) is 5.75 Å². The molecule has 6 nitrogen and oxygen atoms in total. The lowest BCUT2D eigenvalue weighted by atomic mass is 9.92. The van der Waals surface area contributed by atoms with Crippen LogP contribution in [0.15, 0.2) is 84.4 Å². The average Bonchev–Trinajstić information content (AvgIpc) is 3.26. The van der Waals surface area contributed by atoms with Crippen LogP contribution in [0.4, 0.5) is 5.95 Å². The highest BCUT2D eigenvalue weighted by molar-refractivity contribution is 6.03. The molecule has 0 aliphatic carbocycles.